The third-order valence-electron chi connectivity index (χ3n) is 5.17. The van der Waals surface area contributed by atoms with Gasteiger partial charge in [0.25, 0.3) is 0 Å². The summed E-state index contributed by atoms with van der Waals surface area (Å²) in [5.74, 6) is 0. The van der Waals surface area contributed by atoms with E-state index in [0.29, 0.717) is 18.2 Å². The molecule has 1 amide bonds. The fourth-order valence-electron chi connectivity index (χ4n) is 3.59. The lowest BCUT2D eigenvalue weighted by Crippen LogP contribution is -2.42. The third kappa shape index (κ3) is 5.22. The summed E-state index contributed by atoms with van der Waals surface area (Å²) in [4.78, 5) is 22.9. The van der Waals surface area contributed by atoms with Crippen molar-refractivity contribution in [1.29, 1.82) is 0 Å². The Kier molecular flexibility index (Phi) is 5.96. The van der Waals surface area contributed by atoms with Gasteiger partial charge in [-0.15, -0.1) is 0 Å². The molecule has 1 aliphatic rings. The van der Waals surface area contributed by atoms with Crippen LogP contribution in [-0.4, -0.2) is 49.4 Å². The van der Waals surface area contributed by atoms with Crippen LogP contribution in [0.3, 0.4) is 0 Å². The second kappa shape index (κ2) is 8.67. The second-order valence-electron chi connectivity index (χ2n) is 8.69. The minimum Gasteiger partial charge on any atom is -0.444 e. The number of likely N-dealkylation sites (tertiary alicyclic amines) is 1. The molecule has 3 aromatic heterocycles. The van der Waals surface area contributed by atoms with Crippen LogP contribution in [0.25, 0.3) is 22.5 Å². The van der Waals surface area contributed by atoms with E-state index < -0.39 is 5.60 Å². The molecule has 1 aliphatic heterocycles. The number of ether oxygens (including phenoxy) is 1. The van der Waals surface area contributed by atoms with E-state index in [-0.39, 0.29) is 12.1 Å². The van der Waals surface area contributed by atoms with E-state index in [0.717, 1.165) is 35.4 Å². The smallest absolute Gasteiger partial charge is 0.410 e. The quantitative estimate of drug-likeness (QED) is 0.522. The highest BCUT2D eigenvalue weighted by molar-refractivity contribution is 6.29. The van der Waals surface area contributed by atoms with Gasteiger partial charge in [0.15, 0.2) is 0 Å². The first-order valence-corrected chi connectivity index (χ1v) is 10.8. The summed E-state index contributed by atoms with van der Waals surface area (Å²) in [5, 5.41) is 5.01. The summed E-state index contributed by atoms with van der Waals surface area (Å²) < 4.78 is 7.47. The number of halogens is 1. The Bertz CT molecular complexity index is 1050. The van der Waals surface area contributed by atoms with Crippen LogP contribution in [0.1, 0.15) is 39.7 Å². The second-order valence-corrected chi connectivity index (χ2v) is 9.07. The number of carbonyl (C=O) groups excluding carboxylic acids is 1. The average Bonchev–Trinajstić information content (AvgIpc) is 3.23. The van der Waals surface area contributed by atoms with Crippen LogP contribution in [0.4, 0.5) is 4.79 Å². The van der Waals surface area contributed by atoms with Crippen molar-refractivity contribution in [3.63, 3.8) is 0 Å². The van der Waals surface area contributed by atoms with Gasteiger partial charge in [0.2, 0.25) is 0 Å². The van der Waals surface area contributed by atoms with Crippen molar-refractivity contribution in [2.45, 2.75) is 45.3 Å². The first-order chi connectivity index (χ1) is 14.8. The Labute approximate surface area is 187 Å². The van der Waals surface area contributed by atoms with Crippen LogP contribution < -0.4 is 0 Å². The molecule has 4 rings (SSSR count). The average molecular weight is 440 g/mol. The monoisotopic (exact) mass is 439 g/mol. The fourth-order valence-corrected chi connectivity index (χ4v) is 3.76. The molecule has 3 aromatic rings. The van der Waals surface area contributed by atoms with Gasteiger partial charge in [-0.25, -0.2) is 9.78 Å². The van der Waals surface area contributed by atoms with Gasteiger partial charge in [-0.05, 0) is 51.8 Å². The molecule has 0 aromatic carbocycles. The van der Waals surface area contributed by atoms with Crippen molar-refractivity contribution in [3.8, 4) is 22.5 Å². The summed E-state index contributed by atoms with van der Waals surface area (Å²) in [6.45, 7) is 6.98. The van der Waals surface area contributed by atoms with Crippen molar-refractivity contribution in [2.24, 2.45) is 0 Å². The lowest BCUT2D eigenvalue weighted by Gasteiger charge is -2.33. The minimum atomic E-state index is -0.475. The van der Waals surface area contributed by atoms with E-state index in [1.165, 1.54) is 0 Å². The molecule has 1 fully saturated rings. The Balaban J connectivity index is 1.39. The molecule has 1 saturated heterocycles. The predicted octanol–water partition coefficient (Wildman–Crippen LogP) is 5.23. The Morgan fingerprint density at radius 1 is 1.06 bits per heavy atom. The molecule has 0 saturated carbocycles. The lowest BCUT2D eigenvalue weighted by molar-refractivity contribution is 0.0185. The van der Waals surface area contributed by atoms with E-state index in [1.54, 1.807) is 11.0 Å². The Morgan fingerprint density at radius 2 is 1.84 bits per heavy atom. The number of hydrogen-bond donors (Lipinski definition) is 0. The summed E-state index contributed by atoms with van der Waals surface area (Å²) >= 11 is 5.97. The van der Waals surface area contributed by atoms with Crippen molar-refractivity contribution < 1.29 is 9.53 Å². The molecule has 0 bridgehead atoms. The summed E-state index contributed by atoms with van der Waals surface area (Å²) in [6.07, 6.45) is 7.17. The number of piperidine rings is 1. The van der Waals surface area contributed by atoms with Crippen LogP contribution in [0.15, 0.2) is 48.9 Å². The van der Waals surface area contributed by atoms with Crippen molar-refractivity contribution >= 4 is 17.7 Å². The van der Waals surface area contributed by atoms with Crippen LogP contribution in [0, 0.1) is 0 Å². The predicted molar refractivity (Wildman–Crippen MR) is 120 cm³/mol. The minimum absolute atomic E-state index is 0.243. The number of rotatable bonds is 3. The highest BCUT2D eigenvalue weighted by Gasteiger charge is 2.27. The van der Waals surface area contributed by atoms with E-state index in [2.05, 4.69) is 15.1 Å². The molecular weight excluding hydrogens is 414 g/mol. The summed E-state index contributed by atoms with van der Waals surface area (Å²) in [5.41, 5.74) is 3.03. The SMILES string of the molecule is CC(C)(C)OC(=O)N1CCC(n2cc(-c3ccc(-c4cccc(Cl)n4)nc3)cn2)CC1. The van der Waals surface area contributed by atoms with E-state index in [1.807, 2.05) is 68.3 Å². The summed E-state index contributed by atoms with van der Waals surface area (Å²) in [6, 6.07) is 9.69. The first-order valence-electron chi connectivity index (χ1n) is 10.4. The van der Waals surface area contributed by atoms with Gasteiger partial charge in [0, 0.05) is 36.6 Å². The molecule has 0 aliphatic carbocycles. The summed E-state index contributed by atoms with van der Waals surface area (Å²) in [7, 11) is 0. The maximum Gasteiger partial charge on any atom is 0.410 e. The molecule has 0 unspecified atom stereocenters. The van der Waals surface area contributed by atoms with Gasteiger partial charge in [-0.2, -0.15) is 5.10 Å². The maximum atomic E-state index is 12.3. The zero-order valence-corrected chi connectivity index (χ0v) is 18.7. The molecule has 0 radical (unpaired) electrons. The molecular formula is C23H26ClN5O2. The van der Waals surface area contributed by atoms with E-state index in [4.69, 9.17) is 16.3 Å². The number of pyridine rings is 2. The van der Waals surface area contributed by atoms with E-state index in [9.17, 15) is 4.79 Å². The molecule has 7 nitrogen and oxygen atoms in total. The highest BCUT2D eigenvalue weighted by Crippen LogP contribution is 2.27. The lowest BCUT2D eigenvalue weighted by atomic mass is 10.1. The third-order valence-corrected chi connectivity index (χ3v) is 5.38. The highest BCUT2D eigenvalue weighted by atomic mass is 35.5. The number of amides is 1. The molecule has 31 heavy (non-hydrogen) atoms. The van der Waals surface area contributed by atoms with Gasteiger partial charge in [-0.3, -0.25) is 9.67 Å². The first kappa shape index (κ1) is 21.3. The van der Waals surface area contributed by atoms with Crippen LogP contribution in [-0.2, 0) is 4.74 Å². The fraction of sp³-hybridized carbons (Fsp3) is 0.391. The van der Waals surface area contributed by atoms with Gasteiger partial charge in [0.1, 0.15) is 10.8 Å². The number of nitrogens with zero attached hydrogens (tertiary/aromatic N) is 5. The van der Waals surface area contributed by atoms with Gasteiger partial charge in [0.05, 0.1) is 23.6 Å². The standard InChI is InChI=1S/C23H26ClN5O2/c1-23(2,3)31-22(30)28-11-9-18(10-12-28)29-15-17(14-26-29)16-7-8-19(25-13-16)20-5-4-6-21(24)27-20/h4-8,13-15,18H,9-12H2,1-3H3. The normalized spacial score (nSPS) is 15.2. The molecule has 0 spiro atoms. The van der Waals surface area contributed by atoms with Crippen LogP contribution in [0.2, 0.25) is 5.15 Å². The van der Waals surface area contributed by atoms with Crippen molar-refractivity contribution in [3.05, 3.63) is 54.1 Å². The van der Waals surface area contributed by atoms with Crippen molar-refractivity contribution in [2.75, 3.05) is 13.1 Å². The van der Waals surface area contributed by atoms with Gasteiger partial charge < -0.3 is 9.64 Å². The van der Waals surface area contributed by atoms with E-state index >= 15 is 0 Å². The zero-order valence-electron chi connectivity index (χ0n) is 18.0. The number of aromatic nitrogens is 4. The molecule has 0 atom stereocenters. The molecule has 4 heterocycles. The zero-order chi connectivity index (χ0) is 22.0. The van der Waals surface area contributed by atoms with Gasteiger partial charge >= 0.3 is 6.09 Å². The maximum absolute atomic E-state index is 12.3. The van der Waals surface area contributed by atoms with Crippen LogP contribution >= 0.6 is 11.6 Å². The number of carbonyl (C=O) groups is 1. The van der Waals surface area contributed by atoms with Crippen molar-refractivity contribution in [1.82, 2.24) is 24.6 Å². The Morgan fingerprint density at radius 3 is 2.48 bits per heavy atom. The Hall–Kier alpha value is -2.93. The largest absolute Gasteiger partial charge is 0.444 e. The topological polar surface area (TPSA) is 73.1 Å². The van der Waals surface area contributed by atoms with Gasteiger partial charge in [-0.1, -0.05) is 23.7 Å². The van der Waals surface area contributed by atoms with Crippen LogP contribution in [0.5, 0.6) is 0 Å². The molecule has 8 heteroatoms. The number of hydrogen-bond acceptors (Lipinski definition) is 5. The molecule has 162 valence electrons. The molecule has 0 N–H and O–H groups in total.